The average Bonchev–Trinajstić information content (AvgIpc) is 2.75. The van der Waals surface area contributed by atoms with Gasteiger partial charge in [0.2, 0.25) is 5.43 Å². The van der Waals surface area contributed by atoms with E-state index < -0.39 is 34.4 Å². The number of rotatable bonds is 5. The molecule has 0 radical (unpaired) electrons. The van der Waals surface area contributed by atoms with Crippen LogP contribution in [0.3, 0.4) is 0 Å². The maximum Gasteiger partial charge on any atom is 0.341 e. The fraction of sp³-hybridized carbons (Fsp3) is 0.227. The summed E-state index contributed by atoms with van der Waals surface area (Å²) >= 11 is 0. The third kappa shape index (κ3) is 3.84. The van der Waals surface area contributed by atoms with Gasteiger partial charge >= 0.3 is 5.97 Å². The average molecular weight is 444 g/mol. The number of carbonyl (C=O) groups is 1. The van der Waals surface area contributed by atoms with E-state index in [2.05, 4.69) is 16.5 Å². The van der Waals surface area contributed by atoms with Crippen LogP contribution >= 0.6 is 0 Å². The normalized spacial score (nSPS) is 14.7. The zero-order valence-electron chi connectivity index (χ0n) is 16.9. The smallest absolute Gasteiger partial charge is 0.341 e. The Morgan fingerprint density at radius 1 is 1.12 bits per heavy atom. The first-order chi connectivity index (χ1) is 15.3. The fourth-order valence-corrected chi connectivity index (χ4v) is 3.77. The van der Waals surface area contributed by atoms with Crippen molar-refractivity contribution in [3.63, 3.8) is 0 Å². The number of piperazine rings is 1. The molecule has 1 N–H and O–H groups in total. The molecule has 1 aliphatic heterocycles. The van der Waals surface area contributed by atoms with Crippen molar-refractivity contribution in [3.8, 4) is 5.69 Å². The number of hydrogen-bond acceptors (Lipinski definition) is 5. The Labute approximate surface area is 180 Å². The number of nitrogens with zero attached hydrogens (tertiary/aromatic N) is 4. The highest BCUT2D eigenvalue weighted by molar-refractivity contribution is 5.92. The van der Waals surface area contributed by atoms with Crippen molar-refractivity contribution in [1.29, 1.82) is 0 Å². The Kier molecular flexibility index (Phi) is 5.70. The van der Waals surface area contributed by atoms with Crippen molar-refractivity contribution >= 4 is 22.8 Å². The molecule has 3 heterocycles. The number of hydrogen-bond donors (Lipinski definition) is 1. The summed E-state index contributed by atoms with van der Waals surface area (Å²) in [6, 6.07) is 3.63. The summed E-state index contributed by atoms with van der Waals surface area (Å²) in [6.07, 6.45) is 2.69. The number of carboxylic acids is 1. The van der Waals surface area contributed by atoms with Crippen molar-refractivity contribution in [1.82, 2.24) is 14.5 Å². The number of benzene rings is 1. The minimum atomic E-state index is -1.56. The van der Waals surface area contributed by atoms with Crippen molar-refractivity contribution in [2.45, 2.75) is 0 Å². The van der Waals surface area contributed by atoms with E-state index in [1.807, 2.05) is 0 Å². The van der Waals surface area contributed by atoms with Crippen molar-refractivity contribution in [3.05, 3.63) is 76.4 Å². The highest BCUT2D eigenvalue weighted by Crippen LogP contribution is 2.25. The molecule has 4 rings (SSSR count). The van der Waals surface area contributed by atoms with Gasteiger partial charge in [-0.2, -0.15) is 0 Å². The number of carboxylic acid groups (broad SMARTS) is 1. The largest absolute Gasteiger partial charge is 0.477 e. The van der Waals surface area contributed by atoms with Gasteiger partial charge in [-0.3, -0.25) is 14.3 Å². The van der Waals surface area contributed by atoms with Gasteiger partial charge in [-0.25, -0.2) is 22.9 Å². The van der Waals surface area contributed by atoms with Crippen LogP contribution in [0.25, 0.3) is 16.7 Å². The lowest BCUT2D eigenvalue weighted by molar-refractivity contribution is 0.0695. The summed E-state index contributed by atoms with van der Waals surface area (Å²) in [6.45, 7) is 6.61. The number of anilines is 1. The van der Waals surface area contributed by atoms with E-state index in [9.17, 15) is 27.9 Å². The molecule has 3 aromatic rings. The zero-order valence-corrected chi connectivity index (χ0v) is 16.9. The molecule has 1 fully saturated rings. The molecule has 0 bridgehead atoms. The van der Waals surface area contributed by atoms with Crippen LogP contribution in [-0.4, -0.2) is 58.3 Å². The molecule has 1 saturated heterocycles. The minimum Gasteiger partial charge on any atom is -0.477 e. The molecule has 1 aromatic carbocycles. The topological polar surface area (TPSA) is 78.7 Å². The van der Waals surface area contributed by atoms with Gasteiger partial charge in [0, 0.05) is 45.0 Å². The number of pyridine rings is 2. The summed E-state index contributed by atoms with van der Waals surface area (Å²) in [5, 5.41) is 9.09. The van der Waals surface area contributed by atoms with Crippen LogP contribution in [0.15, 0.2) is 47.9 Å². The molecular formula is C22H19F3N4O3. The number of aromatic nitrogens is 2. The van der Waals surface area contributed by atoms with E-state index >= 15 is 0 Å². The maximum atomic E-state index is 15.0. The quantitative estimate of drug-likeness (QED) is 0.610. The molecule has 0 amide bonds. The SMILES string of the molecule is C=CCN1CCN(c2nc3c(cc2F)c(=O)c(C(=O)O)cn3-c2ccc(F)cc2F)CC1. The van der Waals surface area contributed by atoms with Gasteiger partial charge in [-0.05, 0) is 18.2 Å². The monoisotopic (exact) mass is 444 g/mol. The van der Waals surface area contributed by atoms with E-state index in [1.165, 1.54) is 0 Å². The Balaban J connectivity index is 1.91. The fourth-order valence-electron chi connectivity index (χ4n) is 3.77. The summed E-state index contributed by atoms with van der Waals surface area (Å²) in [7, 11) is 0. The molecule has 32 heavy (non-hydrogen) atoms. The maximum absolute atomic E-state index is 15.0. The highest BCUT2D eigenvalue weighted by atomic mass is 19.1. The van der Waals surface area contributed by atoms with Gasteiger partial charge in [0.15, 0.2) is 17.3 Å². The van der Waals surface area contributed by atoms with E-state index in [-0.39, 0.29) is 22.5 Å². The second kappa shape index (κ2) is 8.46. The molecule has 7 nitrogen and oxygen atoms in total. The Hall–Kier alpha value is -3.66. The van der Waals surface area contributed by atoms with Crippen molar-refractivity contribution in [2.24, 2.45) is 0 Å². The molecule has 0 spiro atoms. The molecule has 2 aromatic heterocycles. The van der Waals surface area contributed by atoms with Crippen LogP contribution in [-0.2, 0) is 0 Å². The van der Waals surface area contributed by atoms with Crippen LogP contribution in [0.2, 0.25) is 0 Å². The Morgan fingerprint density at radius 3 is 2.47 bits per heavy atom. The number of fused-ring (bicyclic) bond motifs is 1. The van der Waals surface area contributed by atoms with Crippen LogP contribution < -0.4 is 10.3 Å². The second-order valence-electron chi connectivity index (χ2n) is 7.38. The van der Waals surface area contributed by atoms with Gasteiger partial charge in [-0.1, -0.05) is 6.08 Å². The molecule has 10 heteroatoms. The lowest BCUT2D eigenvalue weighted by Gasteiger charge is -2.35. The third-order valence-corrected chi connectivity index (χ3v) is 5.37. The van der Waals surface area contributed by atoms with Crippen molar-refractivity contribution in [2.75, 3.05) is 37.6 Å². The van der Waals surface area contributed by atoms with E-state index in [1.54, 1.807) is 11.0 Å². The standard InChI is InChI=1S/C22H19F3N4O3/c1-2-5-27-6-8-28(9-7-27)21-17(25)11-14-19(30)15(22(31)32)12-29(20(14)26-21)18-4-3-13(23)10-16(18)24/h2-4,10-12H,1,5-9H2,(H,31,32). The summed E-state index contributed by atoms with van der Waals surface area (Å²) in [5.41, 5.74) is -1.98. The molecule has 0 saturated carbocycles. The minimum absolute atomic E-state index is 0.0329. The number of aromatic carboxylic acids is 1. The first-order valence-corrected chi connectivity index (χ1v) is 9.83. The molecule has 1 aliphatic rings. The summed E-state index contributed by atoms with van der Waals surface area (Å²) in [5.74, 6) is -4.20. The molecule has 0 unspecified atom stereocenters. The van der Waals surface area contributed by atoms with Gasteiger partial charge in [0.05, 0.1) is 11.1 Å². The second-order valence-corrected chi connectivity index (χ2v) is 7.38. The molecule has 0 atom stereocenters. The predicted octanol–water partition coefficient (Wildman–Crippen LogP) is 2.81. The van der Waals surface area contributed by atoms with Gasteiger partial charge in [-0.15, -0.1) is 6.58 Å². The van der Waals surface area contributed by atoms with Crippen molar-refractivity contribution < 1.29 is 23.1 Å². The number of halogens is 3. The van der Waals surface area contributed by atoms with Crippen LogP contribution in [0.4, 0.5) is 19.0 Å². The molecular weight excluding hydrogens is 425 g/mol. The van der Waals surface area contributed by atoms with E-state index in [0.29, 0.717) is 38.8 Å². The van der Waals surface area contributed by atoms with Crippen LogP contribution in [0, 0.1) is 17.5 Å². The van der Waals surface area contributed by atoms with Gasteiger partial charge in [0.1, 0.15) is 17.2 Å². The van der Waals surface area contributed by atoms with Crippen LogP contribution in [0.1, 0.15) is 10.4 Å². The first kappa shape index (κ1) is 21.6. The zero-order chi connectivity index (χ0) is 23.0. The molecule has 166 valence electrons. The summed E-state index contributed by atoms with van der Waals surface area (Å²) in [4.78, 5) is 32.4. The summed E-state index contributed by atoms with van der Waals surface area (Å²) < 4.78 is 44.0. The Morgan fingerprint density at radius 2 is 1.84 bits per heavy atom. The van der Waals surface area contributed by atoms with E-state index in [0.717, 1.165) is 29.0 Å². The lowest BCUT2D eigenvalue weighted by atomic mass is 10.1. The first-order valence-electron chi connectivity index (χ1n) is 9.83. The van der Waals surface area contributed by atoms with E-state index in [4.69, 9.17) is 0 Å². The predicted molar refractivity (Wildman–Crippen MR) is 113 cm³/mol. The van der Waals surface area contributed by atoms with Crippen LogP contribution in [0.5, 0.6) is 0 Å². The lowest BCUT2D eigenvalue weighted by Crippen LogP contribution is -2.47. The molecule has 0 aliphatic carbocycles. The van der Waals surface area contributed by atoms with Gasteiger partial charge < -0.3 is 10.0 Å². The highest BCUT2D eigenvalue weighted by Gasteiger charge is 2.24. The third-order valence-electron chi connectivity index (χ3n) is 5.37. The Bertz CT molecular complexity index is 1280. The van der Waals surface area contributed by atoms with Gasteiger partial charge in [0.25, 0.3) is 0 Å².